The molecule has 0 aromatic heterocycles. The molecule has 1 saturated carbocycles. The molecule has 0 heterocycles. The van der Waals surface area contributed by atoms with Gasteiger partial charge in [0.1, 0.15) is 0 Å². The number of aliphatic hydroxyl groups is 1. The zero-order valence-corrected chi connectivity index (χ0v) is 18.9. The fourth-order valence-corrected chi connectivity index (χ4v) is 4.72. The first-order chi connectivity index (χ1) is 13.8. The maximum absolute atomic E-state index is 12.7. The van der Waals surface area contributed by atoms with Crippen LogP contribution in [0, 0.1) is 5.41 Å². The first-order valence-electron chi connectivity index (χ1n) is 11.2. The molecule has 4 nitrogen and oxygen atoms in total. The highest BCUT2D eigenvalue weighted by molar-refractivity contribution is 5.69. The predicted molar refractivity (Wildman–Crippen MR) is 119 cm³/mol. The second kappa shape index (κ2) is 10.8. The van der Waals surface area contributed by atoms with E-state index in [2.05, 4.69) is 6.92 Å². The van der Waals surface area contributed by atoms with E-state index in [-0.39, 0.29) is 23.6 Å². The summed E-state index contributed by atoms with van der Waals surface area (Å²) in [5.74, 6) is 0. The molecule has 162 valence electrons. The smallest absolute Gasteiger partial charge is 0.415 e. The lowest BCUT2D eigenvalue weighted by molar-refractivity contribution is 0.0195. The Kier molecular flexibility index (Phi) is 8.76. The minimum Gasteiger partial charge on any atom is -0.418 e. The molecule has 2 rings (SSSR count). The molecule has 0 aliphatic heterocycles. The Hall–Kier alpha value is -1.81. The monoisotopic (exact) mass is 401 g/mol. The normalized spacial score (nSPS) is 22.1. The Bertz CT molecular complexity index is 660. The summed E-state index contributed by atoms with van der Waals surface area (Å²) in [6, 6.07) is 10.1. The highest BCUT2D eigenvalue weighted by Gasteiger charge is 2.43. The van der Waals surface area contributed by atoms with Crippen LogP contribution in [0.25, 0.3) is 0 Å². The standard InChI is InChI=1S/C25H39NO3/c1-6-7-16-25(23(27)21-13-9-8-10-14-21)17-12-11-15-22(25)18-29-24(28)26(19(2)3)20(4)5/h8-10,13-14,18-20,23,27H,6-7,11-12,15-17H2,1-5H3/b22-18+/t23-,25+/m1/s1. The SMILES string of the molecule is CCCC[C@]1([C@H](O)c2ccccc2)CCCC/C1=C\OC(=O)N(C(C)C)C(C)C. The lowest BCUT2D eigenvalue weighted by atomic mass is 9.63. The Morgan fingerprint density at radius 2 is 1.83 bits per heavy atom. The van der Waals surface area contributed by atoms with Gasteiger partial charge < -0.3 is 14.7 Å². The number of carbonyl (C=O) groups is 1. The number of nitrogens with zero attached hydrogens (tertiary/aromatic N) is 1. The van der Waals surface area contributed by atoms with Crippen molar-refractivity contribution in [2.45, 2.75) is 97.8 Å². The Morgan fingerprint density at radius 3 is 2.41 bits per heavy atom. The van der Waals surface area contributed by atoms with Crippen molar-refractivity contribution in [3.05, 3.63) is 47.7 Å². The van der Waals surface area contributed by atoms with E-state index in [1.54, 1.807) is 11.2 Å². The van der Waals surface area contributed by atoms with E-state index in [0.29, 0.717) is 0 Å². The first kappa shape index (κ1) is 23.5. The van der Waals surface area contributed by atoms with Gasteiger partial charge in [0.2, 0.25) is 0 Å². The molecule has 0 saturated heterocycles. The van der Waals surface area contributed by atoms with Gasteiger partial charge in [-0.1, -0.05) is 56.5 Å². The second-order valence-corrected chi connectivity index (χ2v) is 8.90. The molecule has 1 aliphatic rings. The minimum absolute atomic E-state index is 0.0759. The number of unbranched alkanes of at least 4 members (excludes halogenated alkanes) is 1. The summed E-state index contributed by atoms with van der Waals surface area (Å²) in [5, 5.41) is 11.5. The molecule has 1 fully saturated rings. The Labute approximate surface area is 176 Å². The molecule has 1 amide bonds. The van der Waals surface area contributed by atoms with Crippen LogP contribution < -0.4 is 0 Å². The van der Waals surface area contributed by atoms with Gasteiger partial charge in [-0.15, -0.1) is 0 Å². The van der Waals surface area contributed by atoms with E-state index in [1.165, 1.54) is 0 Å². The zero-order valence-electron chi connectivity index (χ0n) is 18.9. The molecule has 1 aromatic rings. The number of aliphatic hydroxyl groups excluding tert-OH is 1. The van der Waals surface area contributed by atoms with Crippen LogP contribution in [0.5, 0.6) is 0 Å². The highest BCUT2D eigenvalue weighted by Crippen LogP contribution is 2.52. The summed E-state index contributed by atoms with van der Waals surface area (Å²) in [6.07, 6.45) is 7.72. The van der Waals surface area contributed by atoms with Crippen molar-refractivity contribution in [2.75, 3.05) is 0 Å². The number of ether oxygens (including phenoxy) is 1. The van der Waals surface area contributed by atoms with E-state index >= 15 is 0 Å². The second-order valence-electron chi connectivity index (χ2n) is 8.90. The molecule has 4 heteroatoms. The third kappa shape index (κ3) is 5.63. The van der Waals surface area contributed by atoms with Crippen molar-refractivity contribution in [3.8, 4) is 0 Å². The van der Waals surface area contributed by atoms with Crippen molar-refractivity contribution in [2.24, 2.45) is 5.41 Å². The number of hydrogen-bond acceptors (Lipinski definition) is 3. The van der Waals surface area contributed by atoms with Gasteiger partial charge in [0.05, 0.1) is 12.4 Å². The van der Waals surface area contributed by atoms with Crippen LogP contribution in [0.2, 0.25) is 0 Å². The van der Waals surface area contributed by atoms with Crippen LogP contribution in [0.15, 0.2) is 42.2 Å². The number of benzene rings is 1. The molecule has 1 aliphatic carbocycles. The van der Waals surface area contributed by atoms with E-state index in [4.69, 9.17) is 4.74 Å². The molecule has 0 bridgehead atoms. The van der Waals surface area contributed by atoms with E-state index < -0.39 is 6.10 Å². The fraction of sp³-hybridized carbons (Fsp3) is 0.640. The van der Waals surface area contributed by atoms with Crippen LogP contribution in [0.1, 0.15) is 91.2 Å². The fourth-order valence-electron chi connectivity index (χ4n) is 4.72. The summed E-state index contributed by atoms with van der Waals surface area (Å²) >= 11 is 0. The molecule has 1 N–H and O–H groups in total. The molecule has 0 unspecified atom stereocenters. The zero-order chi connectivity index (χ0) is 21.4. The van der Waals surface area contributed by atoms with Gasteiger partial charge in [0.25, 0.3) is 0 Å². The first-order valence-corrected chi connectivity index (χ1v) is 11.2. The van der Waals surface area contributed by atoms with Crippen LogP contribution in [-0.2, 0) is 4.74 Å². The molecule has 1 aromatic carbocycles. The molecular formula is C25H39NO3. The van der Waals surface area contributed by atoms with Gasteiger partial charge in [-0.25, -0.2) is 4.79 Å². The highest BCUT2D eigenvalue weighted by atomic mass is 16.5. The quantitative estimate of drug-likeness (QED) is 0.499. The van der Waals surface area contributed by atoms with Gasteiger partial charge in [0, 0.05) is 17.5 Å². The number of rotatable bonds is 8. The lowest BCUT2D eigenvalue weighted by Gasteiger charge is -2.43. The number of carbonyl (C=O) groups excluding carboxylic acids is 1. The summed E-state index contributed by atoms with van der Waals surface area (Å²) < 4.78 is 5.70. The van der Waals surface area contributed by atoms with E-state index in [1.807, 2.05) is 58.0 Å². The molecule has 29 heavy (non-hydrogen) atoms. The Morgan fingerprint density at radius 1 is 1.17 bits per heavy atom. The van der Waals surface area contributed by atoms with Crippen LogP contribution in [-0.4, -0.2) is 28.2 Å². The average molecular weight is 402 g/mol. The average Bonchev–Trinajstić information content (AvgIpc) is 2.70. The predicted octanol–water partition coefficient (Wildman–Crippen LogP) is 6.61. The Balaban J connectivity index is 2.35. The van der Waals surface area contributed by atoms with Crippen LogP contribution >= 0.6 is 0 Å². The molecule has 0 spiro atoms. The third-order valence-electron chi connectivity index (χ3n) is 6.20. The largest absolute Gasteiger partial charge is 0.418 e. The van der Waals surface area contributed by atoms with Gasteiger partial charge >= 0.3 is 6.09 Å². The summed E-state index contributed by atoms with van der Waals surface area (Å²) in [4.78, 5) is 14.5. The molecule has 0 radical (unpaired) electrons. The summed E-state index contributed by atoms with van der Waals surface area (Å²) in [6.45, 7) is 10.2. The van der Waals surface area contributed by atoms with Gasteiger partial charge in [0.15, 0.2) is 0 Å². The van der Waals surface area contributed by atoms with Crippen molar-refractivity contribution < 1.29 is 14.6 Å². The van der Waals surface area contributed by atoms with Gasteiger partial charge in [-0.3, -0.25) is 0 Å². The van der Waals surface area contributed by atoms with Crippen molar-refractivity contribution in [3.63, 3.8) is 0 Å². The van der Waals surface area contributed by atoms with Gasteiger partial charge in [-0.05, 0) is 64.5 Å². The third-order valence-corrected chi connectivity index (χ3v) is 6.20. The van der Waals surface area contributed by atoms with Gasteiger partial charge in [-0.2, -0.15) is 0 Å². The maximum atomic E-state index is 12.7. The van der Waals surface area contributed by atoms with Crippen LogP contribution in [0.4, 0.5) is 4.79 Å². The van der Waals surface area contributed by atoms with Crippen molar-refractivity contribution in [1.82, 2.24) is 4.90 Å². The van der Waals surface area contributed by atoms with Crippen molar-refractivity contribution >= 4 is 6.09 Å². The van der Waals surface area contributed by atoms with E-state index in [9.17, 15) is 9.90 Å². The lowest BCUT2D eigenvalue weighted by Crippen LogP contribution is -2.42. The molecular weight excluding hydrogens is 362 g/mol. The maximum Gasteiger partial charge on any atom is 0.415 e. The molecule has 2 atom stereocenters. The van der Waals surface area contributed by atoms with E-state index in [0.717, 1.165) is 56.1 Å². The number of amides is 1. The van der Waals surface area contributed by atoms with Crippen LogP contribution in [0.3, 0.4) is 0 Å². The number of hydrogen-bond donors (Lipinski definition) is 1. The topological polar surface area (TPSA) is 49.8 Å². The summed E-state index contributed by atoms with van der Waals surface area (Å²) in [5.41, 5.74) is 1.65. The summed E-state index contributed by atoms with van der Waals surface area (Å²) in [7, 11) is 0. The van der Waals surface area contributed by atoms with Crippen molar-refractivity contribution in [1.29, 1.82) is 0 Å². The minimum atomic E-state index is -0.591.